The highest BCUT2D eigenvalue weighted by molar-refractivity contribution is 5.43. The maximum absolute atomic E-state index is 9.02. The number of ether oxygens (including phenoxy) is 1. The number of nitriles is 1. The van der Waals surface area contributed by atoms with E-state index in [1.807, 2.05) is 36.5 Å². The third-order valence-electron chi connectivity index (χ3n) is 2.69. The smallest absolute Gasteiger partial charge is 0.237 e. The number of hydrogen-bond acceptors (Lipinski definition) is 4. The molecule has 2 aromatic heterocycles. The van der Waals surface area contributed by atoms with Gasteiger partial charge in [0.25, 0.3) is 0 Å². The number of aromatic nitrogens is 3. The zero-order chi connectivity index (χ0) is 13.8. The minimum absolute atomic E-state index is 0.299. The van der Waals surface area contributed by atoms with Crippen LogP contribution in [0.15, 0.2) is 61.1 Å². The van der Waals surface area contributed by atoms with Gasteiger partial charge in [0.2, 0.25) is 5.88 Å². The van der Waals surface area contributed by atoms with Gasteiger partial charge in [-0.2, -0.15) is 10.4 Å². The van der Waals surface area contributed by atoms with Crippen LogP contribution in [0.4, 0.5) is 0 Å². The number of nitrogens with zero attached hydrogens (tertiary/aromatic N) is 4. The molecular weight excluding hydrogens is 252 g/mol. The molecule has 3 aromatic rings. The molecule has 0 atom stereocenters. The van der Waals surface area contributed by atoms with E-state index in [1.165, 1.54) is 0 Å². The van der Waals surface area contributed by atoms with Gasteiger partial charge in [-0.05, 0) is 30.3 Å². The third kappa shape index (κ3) is 2.35. The van der Waals surface area contributed by atoms with Gasteiger partial charge in [0.15, 0.2) is 0 Å². The molecule has 1 aromatic carbocycles. The molecule has 0 bridgehead atoms. The van der Waals surface area contributed by atoms with Crippen molar-refractivity contribution in [1.82, 2.24) is 14.8 Å². The number of rotatable bonds is 3. The summed E-state index contributed by atoms with van der Waals surface area (Å²) in [7, 11) is 0. The van der Waals surface area contributed by atoms with Crippen LogP contribution in [0.2, 0.25) is 0 Å². The van der Waals surface area contributed by atoms with Crippen LogP contribution in [-0.2, 0) is 0 Å². The molecule has 0 aliphatic heterocycles. The first kappa shape index (κ1) is 11.9. The molecule has 5 heteroatoms. The van der Waals surface area contributed by atoms with Crippen molar-refractivity contribution >= 4 is 0 Å². The SMILES string of the molecule is N#Cc1cccnc1Oc1cccc(-n2cccn2)c1. The lowest BCUT2D eigenvalue weighted by molar-refractivity contribution is 0.461. The lowest BCUT2D eigenvalue weighted by Crippen LogP contribution is -1.95. The normalized spacial score (nSPS) is 9.95. The van der Waals surface area contributed by atoms with Gasteiger partial charge in [0, 0.05) is 24.7 Å². The molecule has 0 unspecified atom stereocenters. The lowest BCUT2D eigenvalue weighted by Gasteiger charge is -2.07. The van der Waals surface area contributed by atoms with Gasteiger partial charge >= 0.3 is 0 Å². The highest BCUT2D eigenvalue weighted by Crippen LogP contribution is 2.24. The minimum atomic E-state index is 0.299. The van der Waals surface area contributed by atoms with Crippen LogP contribution in [0.3, 0.4) is 0 Å². The zero-order valence-corrected chi connectivity index (χ0v) is 10.5. The summed E-state index contributed by atoms with van der Waals surface area (Å²) in [4.78, 5) is 4.07. The van der Waals surface area contributed by atoms with Crippen LogP contribution in [0, 0.1) is 11.3 Å². The van der Waals surface area contributed by atoms with Crippen LogP contribution in [0.5, 0.6) is 11.6 Å². The Morgan fingerprint density at radius 2 is 2.05 bits per heavy atom. The average Bonchev–Trinajstić information content (AvgIpc) is 3.02. The van der Waals surface area contributed by atoms with Crippen molar-refractivity contribution in [3.63, 3.8) is 0 Å². The first-order chi connectivity index (χ1) is 9.86. The van der Waals surface area contributed by atoms with E-state index in [-0.39, 0.29) is 0 Å². The van der Waals surface area contributed by atoms with Crippen LogP contribution in [-0.4, -0.2) is 14.8 Å². The Kier molecular flexibility index (Phi) is 3.13. The Morgan fingerprint density at radius 1 is 1.10 bits per heavy atom. The quantitative estimate of drug-likeness (QED) is 0.728. The van der Waals surface area contributed by atoms with Crippen molar-refractivity contribution in [2.45, 2.75) is 0 Å². The molecule has 5 nitrogen and oxygen atoms in total. The molecule has 0 aliphatic rings. The average molecular weight is 262 g/mol. The van der Waals surface area contributed by atoms with E-state index < -0.39 is 0 Å². The number of benzene rings is 1. The van der Waals surface area contributed by atoms with Gasteiger partial charge in [-0.15, -0.1) is 0 Å². The second kappa shape index (κ2) is 5.24. The summed E-state index contributed by atoms with van der Waals surface area (Å²) >= 11 is 0. The third-order valence-corrected chi connectivity index (χ3v) is 2.69. The molecule has 0 N–H and O–H groups in total. The maximum Gasteiger partial charge on any atom is 0.237 e. The Morgan fingerprint density at radius 3 is 2.85 bits per heavy atom. The first-order valence-electron chi connectivity index (χ1n) is 6.00. The van der Waals surface area contributed by atoms with E-state index in [4.69, 9.17) is 10.00 Å². The second-order valence-electron chi connectivity index (χ2n) is 4.02. The van der Waals surface area contributed by atoms with Gasteiger partial charge in [-0.3, -0.25) is 0 Å². The van der Waals surface area contributed by atoms with Crippen molar-refractivity contribution in [3.8, 4) is 23.4 Å². The maximum atomic E-state index is 9.02. The summed E-state index contributed by atoms with van der Waals surface area (Å²) in [5.74, 6) is 0.904. The molecule has 0 amide bonds. The predicted octanol–water partition coefficient (Wildman–Crippen LogP) is 2.93. The van der Waals surface area contributed by atoms with E-state index in [1.54, 1.807) is 29.2 Å². The Hall–Kier alpha value is -3.13. The predicted molar refractivity (Wildman–Crippen MR) is 72.6 cm³/mol. The topological polar surface area (TPSA) is 63.7 Å². The molecule has 0 saturated carbocycles. The summed E-state index contributed by atoms with van der Waals surface area (Å²) < 4.78 is 7.40. The fourth-order valence-electron chi connectivity index (χ4n) is 1.78. The summed E-state index contributed by atoms with van der Waals surface area (Å²) in [6.07, 6.45) is 5.15. The molecule has 2 heterocycles. The van der Waals surface area contributed by atoms with Crippen LogP contribution >= 0.6 is 0 Å². The van der Waals surface area contributed by atoms with E-state index >= 15 is 0 Å². The summed E-state index contributed by atoms with van der Waals surface area (Å²) in [6.45, 7) is 0. The summed E-state index contributed by atoms with van der Waals surface area (Å²) in [6, 6.07) is 14.7. The number of hydrogen-bond donors (Lipinski definition) is 0. The standard InChI is InChI=1S/C15H10N4O/c16-11-12-4-2-7-17-15(12)20-14-6-1-5-13(10-14)19-9-3-8-18-19/h1-10H. The molecule has 96 valence electrons. The molecule has 3 rings (SSSR count). The van der Waals surface area contributed by atoms with Crippen molar-refractivity contribution in [1.29, 1.82) is 5.26 Å². The van der Waals surface area contributed by atoms with Crippen LogP contribution < -0.4 is 4.74 Å². The summed E-state index contributed by atoms with van der Waals surface area (Å²) in [5.41, 5.74) is 1.28. The molecular formula is C15H10N4O. The van der Waals surface area contributed by atoms with Crippen molar-refractivity contribution in [2.75, 3.05) is 0 Å². The van der Waals surface area contributed by atoms with E-state index in [0.29, 0.717) is 17.2 Å². The largest absolute Gasteiger partial charge is 0.438 e. The first-order valence-corrected chi connectivity index (χ1v) is 6.00. The van der Waals surface area contributed by atoms with Crippen LogP contribution in [0.1, 0.15) is 5.56 Å². The fraction of sp³-hybridized carbons (Fsp3) is 0. The highest BCUT2D eigenvalue weighted by atomic mass is 16.5. The molecule has 20 heavy (non-hydrogen) atoms. The Labute approximate surface area is 115 Å². The monoisotopic (exact) mass is 262 g/mol. The van der Waals surface area contributed by atoms with E-state index in [9.17, 15) is 0 Å². The van der Waals surface area contributed by atoms with Gasteiger partial charge in [-0.25, -0.2) is 9.67 Å². The van der Waals surface area contributed by atoms with Crippen molar-refractivity contribution in [2.24, 2.45) is 0 Å². The van der Waals surface area contributed by atoms with Gasteiger partial charge in [0.1, 0.15) is 17.4 Å². The molecule has 0 spiro atoms. The van der Waals surface area contributed by atoms with Gasteiger partial charge in [-0.1, -0.05) is 6.07 Å². The zero-order valence-electron chi connectivity index (χ0n) is 10.5. The molecule has 0 fully saturated rings. The van der Waals surface area contributed by atoms with Gasteiger partial charge in [0.05, 0.1) is 5.69 Å². The minimum Gasteiger partial charge on any atom is -0.438 e. The van der Waals surface area contributed by atoms with Gasteiger partial charge < -0.3 is 4.74 Å². The van der Waals surface area contributed by atoms with Crippen molar-refractivity contribution in [3.05, 3.63) is 66.6 Å². The summed E-state index contributed by atoms with van der Waals surface area (Å²) in [5, 5.41) is 13.2. The molecule has 0 aliphatic carbocycles. The van der Waals surface area contributed by atoms with Crippen LogP contribution in [0.25, 0.3) is 5.69 Å². The number of pyridine rings is 1. The van der Waals surface area contributed by atoms with E-state index in [0.717, 1.165) is 5.69 Å². The highest BCUT2D eigenvalue weighted by Gasteiger charge is 2.06. The lowest BCUT2D eigenvalue weighted by atomic mass is 10.3. The van der Waals surface area contributed by atoms with Crippen molar-refractivity contribution < 1.29 is 4.74 Å². The Bertz CT molecular complexity index is 760. The molecule has 0 saturated heterocycles. The fourth-order valence-corrected chi connectivity index (χ4v) is 1.78. The Balaban J connectivity index is 1.92. The second-order valence-corrected chi connectivity index (χ2v) is 4.02. The van der Waals surface area contributed by atoms with E-state index in [2.05, 4.69) is 16.2 Å². The molecule has 0 radical (unpaired) electrons.